The van der Waals surface area contributed by atoms with Crippen molar-refractivity contribution in [2.75, 3.05) is 11.4 Å². The van der Waals surface area contributed by atoms with Crippen molar-refractivity contribution < 1.29 is 13.2 Å². The second-order valence-corrected chi connectivity index (χ2v) is 7.48. The number of alkyl halides is 3. The molecule has 0 N–H and O–H groups in total. The average Bonchev–Trinajstić information content (AvgIpc) is 2.54. The van der Waals surface area contributed by atoms with Gasteiger partial charge in [0.2, 0.25) is 0 Å². The molecular formula is C21H24F3N. The van der Waals surface area contributed by atoms with Gasteiger partial charge in [-0.05, 0) is 56.4 Å². The van der Waals surface area contributed by atoms with E-state index in [9.17, 15) is 13.2 Å². The van der Waals surface area contributed by atoms with Gasteiger partial charge in [-0.25, -0.2) is 0 Å². The minimum absolute atomic E-state index is 0.304. The summed E-state index contributed by atoms with van der Waals surface area (Å²) in [5.74, 6) is 0. The number of hydrogen-bond acceptors (Lipinski definition) is 1. The number of halogens is 3. The molecule has 1 nitrogen and oxygen atoms in total. The van der Waals surface area contributed by atoms with E-state index in [1.165, 1.54) is 30.7 Å². The molecule has 0 aliphatic carbocycles. The van der Waals surface area contributed by atoms with Crippen molar-refractivity contribution in [3.8, 4) is 0 Å². The van der Waals surface area contributed by atoms with Crippen LogP contribution in [-0.2, 0) is 18.4 Å². The third-order valence-electron chi connectivity index (χ3n) is 5.21. The van der Waals surface area contributed by atoms with Gasteiger partial charge in [-0.2, -0.15) is 13.2 Å². The van der Waals surface area contributed by atoms with E-state index >= 15 is 0 Å². The average molecular weight is 347 g/mol. The van der Waals surface area contributed by atoms with Crippen LogP contribution in [0.3, 0.4) is 0 Å². The van der Waals surface area contributed by atoms with Gasteiger partial charge in [0.25, 0.3) is 0 Å². The van der Waals surface area contributed by atoms with Gasteiger partial charge >= 0.3 is 6.18 Å². The predicted molar refractivity (Wildman–Crippen MR) is 96.1 cm³/mol. The first kappa shape index (κ1) is 17.8. The number of benzene rings is 2. The van der Waals surface area contributed by atoms with Crippen molar-refractivity contribution in [1.29, 1.82) is 0 Å². The third kappa shape index (κ3) is 3.53. The summed E-state index contributed by atoms with van der Waals surface area (Å²) in [6.07, 6.45) is -2.06. The Labute approximate surface area is 147 Å². The van der Waals surface area contributed by atoms with Crippen LogP contribution in [0.1, 0.15) is 42.5 Å². The van der Waals surface area contributed by atoms with E-state index in [4.69, 9.17) is 0 Å². The molecule has 0 aromatic heterocycles. The predicted octanol–water partition coefficient (Wildman–Crippen LogP) is 5.79. The van der Waals surface area contributed by atoms with E-state index in [0.717, 1.165) is 31.5 Å². The Morgan fingerprint density at radius 3 is 2.32 bits per heavy atom. The highest BCUT2D eigenvalue weighted by molar-refractivity contribution is 5.57. The summed E-state index contributed by atoms with van der Waals surface area (Å²) in [5, 5.41) is 0. The quantitative estimate of drug-likeness (QED) is 0.679. The van der Waals surface area contributed by atoms with Crippen molar-refractivity contribution in [2.45, 2.75) is 51.7 Å². The number of anilines is 1. The highest BCUT2D eigenvalue weighted by Gasteiger charge is 2.48. The van der Waals surface area contributed by atoms with E-state index in [-0.39, 0.29) is 0 Å². The zero-order valence-corrected chi connectivity index (χ0v) is 15.0. The zero-order chi connectivity index (χ0) is 18.2. The van der Waals surface area contributed by atoms with Crippen LogP contribution in [0.2, 0.25) is 0 Å². The molecule has 0 fully saturated rings. The lowest BCUT2D eigenvalue weighted by molar-refractivity contribution is -0.180. The van der Waals surface area contributed by atoms with Gasteiger partial charge in [0, 0.05) is 18.8 Å². The number of aryl methyl sites for hydroxylation is 2. The summed E-state index contributed by atoms with van der Waals surface area (Å²) in [4.78, 5) is 2.32. The molecule has 2 aromatic carbocycles. The fraction of sp³-hybridized carbons (Fsp3) is 0.429. The lowest BCUT2D eigenvalue weighted by atomic mass is 9.83. The number of rotatable bonds is 3. The Bertz CT molecular complexity index is 745. The molecule has 1 heterocycles. The second-order valence-electron chi connectivity index (χ2n) is 7.48. The van der Waals surface area contributed by atoms with Gasteiger partial charge in [-0.15, -0.1) is 0 Å². The van der Waals surface area contributed by atoms with E-state index in [0.29, 0.717) is 5.56 Å². The molecule has 0 spiro atoms. The van der Waals surface area contributed by atoms with Gasteiger partial charge < -0.3 is 4.90 Å². The maximum absolute atomic E-state index is 13.2. The molecule has 2 aromatic rings. The summed E-state index contributed by atoms with van der Waals surface area (Å²) in [7, 11) is 0. The highest BCUT2D eigenvalue weighted by atomic mass is 19.4. The largest absolute Gasteiger partial charge is 0.397 e. The van der Waals surface area contributed by atoms with Crippen molar-refractivity contribution in [3.05, 3.63) is 64.7 Å². The molecule has 0 saturated carbocycles. The summed E-state index contributed by atoms with van der Waals surface area (Å²) in [5.41, 5.74) is 3.38. The van der Waals surface area contributed by atoms with Crippen molar-refractivity contribution in [1.82, 2.24) is 0 Å². The molecule has 0 unspecified atom stereocenters. The molecule has 0 saturated heterocycles. The Kier molecular flexibility index (Phi) is 4.56. The first-order valence-electron chi connectivity index (χ1n) is 8.69. The topological polar surface area (TPSA) is 3.24 Å². The fourth-order valence-corrected chi connectivity index (χ4v) is 3.38. The van der Waals surface area contributed by atoms with Crippen molar-refractivity contribution in [2.24, 2.45) is 0 Å². The van der Waals surface area contributed by atoms with Crippen LogP contribution in [-0.4, -0.2) is 12.7 Å². The van der Waals surface area contributed by atoms with Crippen LogP contribution < -0.4 is 4.90 Å². The SMILES string of the molecule is Cc1ccc2c(c1)CCCN2Cc1ccc(C(C)(C)C(F)(F)F)cc1. The van der Waals surface area contributed by atoms with Crippen molar-refractivity contribution >= 4 is 5.69 Å². The van der Waals surface area contributed by atoms with E-state index in [1.807, 2.05) is 12.1 Å². The monoisotopic (exact) mass is 347 g/mol. The summed E-state index contributed by atoms with van der Waals surface area (Å²) < 4.78 is 39.5. The van der Waals surface area contributed by atoms with Crippen LogP contribution in [0.5, 0.6) is 0 Å². The molecule has 134 valence electrons. The zero-order valence-electron chi connectivity index (χ0n) is 15.0. The molecule has 0 bridgehead atoms. The van der Waals surface area contributed by atoms with Gasteiger partial charge in [0.1, 0.15) is 0 Å². The lowest BCUT2D eigenvalue weighted by Crippen LogP contribution is -2.36. The summed E-state index contributed by atoms with van der Waals surface area (Å²) >= 11 is 0. The minimum atomic E-state index is -4.25. The van der Waals surface area contributed by atoms with Crippen molar-refractivity contribution in [3.63, 3.8) is 0 Å². The Balaban J connectivity index is 1.80. The molecule has 0 atom stereocenters. The molecule has 0 amide bonds. The summed E-state index contributed by atoms with van der Waals surface area (Å²) in [6.45, 7) is 6.26. The fourth-order valence-electron chi connectivity index (χ4n) is 3.38. The number of hydrogen-bond donors (Lipinski definition) is 0. The molecule has 0 radical (unpaired) electrons. The highest BCUT2D eigenvalue weighted by Crippen LogP contribution is 2.40. The van der Waals surface area contributed by atoms with Crippen LogP contribution in [0.15, 0.2) is 42.5 Å². The maximum Gasteiger partial charge on any atom is 0.397 e. The van der Waals surface area contributed by atoms with E-state index < -0.39 is 11.6 Å². The Hall–Kier alpha value is -1.97. The van der Waals surface area contributed by atoms with Crippen LogP contribution in [0.4, 0.5) is 18.9 Å². The van der Waals surface area contributed by atoms with Gasteiger partial charge in [0.05, 0.1) is 5.41 Å². The van der Waals surface area contributed by atoms with Crippen LogP contribution in [0.25, 0.3) is 0 Å². The third-order valence-corrected chi connectivity index (χ3v) is 5.21. The Morgan fingerprint density at radius 2 is 1.68 bits per heavy atom. The maximum atomic E-state index is 13.2. The molecule has 3 rings (SSSR count). The number of fused-ring (bicyclic) bond motifs is 1. The molecule has 1 aliphatic heterocycles. The standard InChI is InChI=1S/C21H24F3N/c1-15-6-11-19-17(13-15)5-4-12-25(19)14-16-7-9-18(10-8-16)20(2,3)21(22,23)24/h6-11,13H,4-5,12,14H2,1-3H3. The van der Waals surface area contributed by atoms with Gasteiger partial charge in [-0.1, -0.05) is 42.0 Å². The minimum Gasteiger partial charge on any atom is -0.367 e. The molecule has 1 aliphatic rings. The molecular weight excluding hydrogens is 323 g/mol. The first-order valence-corrected chi connectivity index (χ1v) is 8.69. The first-order chi connectivity index (χ1) is 11.7. The second kappa shape index (κ2) is 6.40. The smallest absolute Gasteiger partial charge is 0.367 e. The summed E-state index contributed by atoms with van der Waals surface area (Å²) in [6, 6.07) is 13.4. The number of nitrogens with zero attached hydrogens (tertiary/aromatic N) is 1. The Morgan fingerprint density at radius 1 is 1.00 bits per heavy atom. The normalized spacial score (nSPS) is 15.2. The van der Waals surface area contributed by atoms with E-state index in [2.05, 4.69) is 30.0 Å². The van der Waals surface area contributed by atoms with Gasteiger partial charge in [-0.3, -0.25) is 0 Å². The lowest BCUT2D eigenvalue weighted by Gasteiger charge is -2.32. The molecule has 4 heteroatoms. The molecule has 25 heavy (non-hydrogen) atoms. The van der Waals surface area contributed by atoms with Crippen LogP contribution >= 0.6 is 0 Å². The van der Waals surface area contributed by atoms with E-state index in [1.54, 1.807) is 12.1 Å². The van der Waals surface area contributed by atoms with Gasteiger partial charge in [0.15, 0.2) is 0 Å². The van der Waals surface area contributed by atoms with Crippen LogP contribution in [0, 0.1) is 6.92 Å².